The van der Waals surface area contributed by atoms with Crippen LogP contribution in [0.25, 0.3) is 55.5 Å². The van der Waals surface area contributed by atoms with Crippen molar-refractivity contribution in [2.45, 2.75) is 39.5 Å². The van der Waals surface area contributed by atoms with E-state index in [1.54, 1.807) is 0 Å². The predicted molar refractivity (Wildman–Crippen MR) is 143 cm³/mol. The van der Waals surface area contributed by atoms with Gasteiger partial charge in [-0.25, -0.2) is 0 Å². The zero-order valence-electron chi connectivity index (χ0n) is 20.5. The van der Waals surface area contributed by atoms with E-state index in [0.29, 0.717) is 5.92 Å². The number of fused-ring (bicyclic) bond motifs is 8. The molecule has 3 heteroatoms. The second kappa shape index (κ2) is 7.08. The smallest absolute Gasteiger partial charge is 0.153 e. The van der Waals surface area contributed by atoms with Gasteiger partial charge in [0.25, 0.3) is 0 Å². The molecule has 0 amide bonds. The summed E-state index contributed by atoms with van der Waals surface area (Å²) in [6.07, 6.45) is 2.92. The molecule has 0 atom stereocenters. The number of hydrogen-bond acceptors (Lipinski definition) is 3. The van der Waals surface area contributed by atoms with Crippen molar-refractivity contribution in [3.63, 3.8) is 0 Å². The minimum atomic E-state index is -0.210. The summed E-state index contributed by atoms with van der Waals surface area (Å²) in [6.45, 7) is 9.17. The molecular formula is C32H27NO2. The Hall–Kier alpha value is -3.85. The highest BCUT2D eigenvalue weighted by Gasteiger charge is 2.42. The van der Waals surface area contributed by atoms with Gasteiger partial charge in [0.05, 0.1) is 11.9 Å². The lowest BCUT2D eigenvalue weighted by atomic mass is 9.78. The molecule has 0 N–H and O–H groups in total. The van der Waals surface area contributed by atoms with Crippen molar-refractivity contribution in [2.24, 2.45) is 5.92 Å². The lowest BCUT2D eigenvalue weighted by Gasteiger charge is -2.24. The molecule has 3 aromatic heterocycles. The highest BCUT2D eigenvalue weighted by molar-refractivity contribution is 6.06. The molecule has 0 saturated carbocycles. The van der Waals surface area contributed by atoms with Crippen LogP contribution < -0.4 is 0 Å². The molecule has 0 spiro atoms. The normalized spacial score (nSPS) is 14.3. The van der Waals surface area contributed by atoms with Crippen LogP contribution in [-0.2, 0) is 11.8 Å². The predicted octanol–water partition coefficient (Wildman–Crippen LogP) is 8.90. The maximum atomic E-state index is 6.50. The van der Waals surface area contributed by atoms with E-state index in [2.05, 4.69) is 82.3 Å². The molecule has 6 aromatic rings. The van der Waals surface area contributed by atoms with Crippen LogP contribution >= 0.6 is 0 Å². The summed E-state index contributed by atoms with van der Waals surface area (Å²) < 4.78 is 12.5. The van der Waals surface area contributed by atoms with Crippen LogP contribution in [-0.4, -0.2) is 4.98 Å². The van der Waals surface area contributed by atoms with Gasteiger partial charge in [0, 0.05) is 38.3 Å². The van der Waals surface area contributed by atoms with Crippen LogP contribution in [0, 0.1) is 5.92 Å². The summed E-state index contributed by atoms with van der Waals surface area (Å²) in [4.78, 5) is 4.85. The molecule has 3 nitrogen and oxygen atoms in total. The van der Waals surface area contributed by atoms with E-state index in [4.69, 9.17) is 13.8 Å². The Kier molecular flexibility index (Phi) is 4.15. The first kappa shape index (κ1) is 20.5. The summed E-state index contributed by atoms with van der Waals surface area (Å²) in [5.74, 6) is 1.61. The number of benzene rings is 3. The SMILES string of the molecule is CC(C)Cc1ccc2oc3c(c2c1)C(C)(C)c1c(-c2cc4c(cn2)oc2ccccc24)cccc1-3. The van der Waals surface area contributed by atoms with Crippen LogP contribution in [0.2, 0.25) is 0 Å². The molecule has 0 bridgehead atoms. The Morgan fingerprint density at radius 3 is 2.40 bits per heavy atom. The highest BCUT2D eigenvalue weighted by atomic mass is 16.3. The maximum Gasteiger partial charge on any atom is 0.153 e. The van der Waals surface area contributed by atoms with E-state index in [1.165, 1.54) is 27.6 Å². The molecule has 1 aliphatic rings. The van der Waals surface area contributed by atoms with Crippen LogP contribution in [0.5, 0.6) is 0 Å². The van der Waals surface area contributed by atoms with Gasteiger partial charge in [-0.15, -0.1) is 0 Å². The highest BCUT2D eigenvalue weighted by Crippen LogP contribution is 2.55. The standard InChI is InChI=1S/C32H27NO2/c1-18(2)14-19-12-13-27-24(15-19)30-31(35-27)22-10-7-9-21(29(22)32(30,3)4)25-16-23-20-8-5-6-11-26(20)34-28(23)17-33-25/h5-13,15-18H,14H2,1-4H3. The van der Waals surface area contributed by atoms with Gasteiger partial charge in [0.1, 0.15) is 16.9 Å². The number of aromatic nitrogens is 1. The number of nitrogens with zero attached hydrogens (tertiary/aromatic N) is 1. The van der Waals surface area contributed by atoms with Crippen molar-refractivity contribution in [1.82, 2.24) is 4.98 Å². The third kappa shape index (κ3) is 2.88. The lowest BCUT2D eigenvalue weighted by Crippen LogP contribution is -2.16. The van der Waals surface area contributed by atoms with Crippen molar-refractivity contribution >= 4 is 32.9 Å². The first-order chi connectivity index (χ1) is 16.9. The van der Waals surface area contributed by atoms with Crippen molar-refractivity contribution < 1.29 is 8.83 Å². The van der Waals surface area contributed by atoms with Gasteiger partial charge in [-0.2, -0.15) is 0 Å². The van der Waals surface area contributed by atoms with Gasteiger partial charge < -0.3 is 8.83 Å². The van der Waals surface area contributed by atoms with Crippen LogP contribution in [0.1, 0.15) is 44.4 Å². The first-order valence-corrected chi connectivity index (χ1v) is 12.4. The molecule has 0 fully saturated rings. The summed E-state index contributed by atoms with van der Waals surface area (Å²) in [5, 5.41) is 3.45. The van der Waals surface area contributed by atoms with Crippen molar-refractivity contribution in [2.75, 3.05) is 0 Å². The Balaban J connectivity index is 1.44. The number of hydrogen-bond donors (Lipinski definition) is 0. The third-order valence-electron chi connectivity index (χ3n) is 7.50. The molecule has 3 aromatic carbocycles. The molecule has 35 heavy (non-hydrogen) atoms. The molecule has 0 unspecified atom stereocenters. The molecule has 0 aliphatic heterocycles. The fourth-order valence-corrected chi connectivity index (χ4v) is 6.09. The first-order valence-electron chi connectivity index (χ1n) is 12.4. The second-order valence-electron chi connectivity index (χ2n) is 10.8. The van der Waals surface area contributed by atoms with Crippen LogP contribution in [0.3, 0.4) is 0 Å². The molecule has 7 rings (SSSR count). The fraction of sp³-hybridized carbons (Fsp3) is 0.219. The van der Waals surface area contributed by atoms with E-state index in [1.807, 2.05) is 18.3 Å². The molecular weight excluding hydrogens is 430 g/mol. The average Bonchev–Trinajstić information content (AvgIpc) is 3.47. The van der Waals surface area contributed by atoms with Gasteiger partial charge in [-0.1, -0.05) is 70.2 Å². The number of furan rings is 2. The Bertz CT molecular complexity index is 1780. The lowest BCUT2D eigenvalue weighted by molar-refractivity contribution is 0.619. The summed E-state index contributed by atoms with van der Waals surface area (Å²) in [5.41, 5.74) is 9.68. The number of rotatable bonds is 3. The average molecular weight is 458 g/mol. The second-order valence-corrected chi connectivity index (χ2v) is 10.8. The Morgan fingerprint density at radius 2 is 1.54 bits per heavy atom. The quantitative estimate of drug-likeness (QED) is 0.266. The minimum Gasteiger partial charge on any atom is -0.456 e. The summed E-state index contributed by atoms with van der Waals surface area (Å²) >= 11 is 0. The van der Waals surface area contributed by atoms with Crippen molar-refractivity contribution in [3.05, 3.63) is 89.6 Å². The number of para-hydroxylation sites is 1. The molecule has 3 heterocycles. The van der Waals surface area contributed by atoms with Gasteiger partial charge >= 0.3 is 0 Å². The fourth-order valence-electron chi connectivity index (χ4n) is 6.09. The molecule has 1 aliphatic carbocycles. The zero-order valence-corrected chi connectivity index (χ0v) is 20.5. The van der Waals surface area contributed by atoms with Gasteiger partial charge in [0.15, 0.2) is 5.58 Å². The maximum absolute atomic E-state index is 6.50. The van der Waals surface area contributed by atoms with Crippen molar-refractivity contribution in [1.29, 1.82) is 0 Å². The van der Waals surface area contributed by atoms with Gasteiger partial charge in [-0.05, 0) is 47.7 Å². The van der Waals surface area contributed by atoms with Crippen molar-refractivity contribution in [3.8, 4) is 22.6 Å². The molecule has 172 valence electrons. The summed E-state index contributed by atoms with van der Waals surface area (Å²) in [6, 6.07) is 23.5. The van der Waals surface area contributed by atoms with Gasteiger partial charge in [0.2, 0.25) is 0 Å². The largest absolute Gasteiger partial charge is 0.456 e. The van der Waals surface area contributed by atoms with E-state index < -0.39 is 0 Å². The Morgan fingerprint density at radius 1 is 0.743 bits per heavy atom. The zero-order chi connectivity index (χ0) is 23.9. The van der Waals surface area contributed by atoms with E-state index in [9.17, 15) is 0 Å². The monoisotopic (exact) mass is 457 g/mol. The summed E-state index contributed by atoms with van der Waals surface area (Å²) in [7, 11) is 0. The number of pyridine rings is 1. The topological polar surface area (TPSA) is 39.2 Å². The molecule has 0 saturated heterocycles. The van der Waals surface area contributed by atoms with E-state index in [-0.39, 0.29) is 5.41 Å². The van der Waals surface area contributed by atoms with E-state index in [0.717, 1.165) is 51.0 Å². The van der Waals surface area contributed by atoms with E-state index >= 15 is 0 Å². The van der Waals surface area contributed by atoms with Gasteiger partial charge in [-0.3, -0.25) is 4.98 Å². The Labute approximate surface area is 204 Å². The van der Waals surface area contributed by atoms with Crippen LogP contribution in [0.15, 0.2) is 81.8 Å². The minimum absolute atomic E-state index is 0.210. The van der Waals surface area contributed by atoms with Crippen LogP contribution in [0.4, 0.5) is 0 Å². The molecule has 0 radical (unpaired) electrons. The third-order valence-corrected chi connectivity index (χ3v) is 7.50.